The van der Waals surface area contributed by atoms with Crippen molar-refractivity contribution in [3.63, 3.8) is 0 Å². The summed E-state index contributed by atoms with van der Waals surface area (Å²) in [5.74, 6) is 0.774. The summed E-state index contributed by atoms with van der Waals surface area (Å²) in [6.45, 7) is 4.20. The lowest BCUT2D eigenvalue weighted by molar-refractivity contribution is 0.0997. The molecule has 2 heterocycles. The summed E-state index contributed by atoms with van der Waals surface area (Å²) in [6, 6.07) is 11.4. The molecule has 7 heteroatoms. The number of carbonyl (C=O) groups excluding carboxylic acids is 1. The smallest absolute Gasteiger partial charge is 0.252 e. The van der Waals surface area contributed by atoms with Gasteiger partial charge in [-0.15, -0.1) is 0 Å². The van der Waals surface area contributed by atoms with Crippen LogP contribution in [0.25, 0.3) is 22.0 Å². The molecule has 0 radical (unpaired) electrons. The first-order valence-electron chi connectivity index (χ1n) is 10.3. The van der Waals surface area contributed by atoms with Gasteiger partial charge in [-0.2, -0.15) is 0 Å². The molecule has 7 nitrogen and oxygen atoms in total. The first kappa shape index (κ1) is 20.1. The fraction of sp³-hybridized carbons (Fsp3) is 0.348. The highest BCUT2D eigenvalue weighted by atomic mass is 16.5. The molecule has 0 aliphatic carbocycles. The average Bonchev–Trinajstić information content (AvgIpc) is 2.79. The van der Waals surface area contributed by atoms with Crippen molar-refractivity contribution in [3.05, 3.63) is 48.3 Å². The molecule has 0 saturated carbocycles. The van der Waals surface area contributed by atoms with Gasteiger partial charge >= 0.3 is 0 Å². The number of likely N-dealkylation sites (tertiary alicyclic amines) is 1. The van der Waals surface area contributed by atoms with Crippen molar-refractivity contribution >= 4 is 22.6 Å². The van der Waals surface area contributed by atoms with Crippen LogP contribution < -0.4 is 15.8 Å². The zero-order chi connectivity index (χ0) is 20.9. The van der Waals surface area contributed by atoms with E-state index in [1.807, 2.05) is 24.3 Å². The van der Waals surface area contributed by atoms with Crippen LogP contribution in [0.5, 0.6) is 5.75 Å². The van der Waals surface area contributed by atoms with Crippen molar-refractivity contribution in [2.24, 2.45) is 5.73 Å². The van der Waals surface area contributed by atoms with E-state index in [1.54, 1.807) is 18.5 Å². The van der Waals surface area contributed by atoms with Crippen LogP contribution in [0.4, 0.5) is 5.82 Å². The number of carbonyl (C=O) groups is 1. The lowest BCUT2D eigenvalue weighted by Crippen LogP contribution is -2.33. The van der Waals surface area contributed by atoms with Crippen LogP contribution >= 0.6 is 0 Å². The number of anilines is 1. The predicted molar refractivity (Wildman–Crippen MR) is 119 cm³/mol. The monoisotopic (exact) mass is 405 g/mol. The van der Waals surface area contributed by atoms with Gasteiger partial charge in [0.25, 0.3) is 5.91 Å². The van der Waals surface area contributed by atoms with Crippen LogP contribution in [-0.4, -0.2) is 54.1 Å². The number of amides is 1. The van der Waals surface area contributed by atoms with E-state index in [-0.39, 0.29) is 0 Å². The van der Waals surface area contributed by atoms with E-state index in [0.717, 1.165) is 40.9 Å². The standard InChI is InChI=1S/C23H27N5O2/c1-30-21-8-6-17(14-19(21)22(24)29)16-5-7-20-18(13-16)23(27-15-26-20)25-9-12-28-10-3-2-4-11-28/h5-8,13-15H,2-4,9-12H2,1H3,(H2,24,29)(H,25,26,27). The number of nitrogens with zero attached hydrogens (tertiary/aromatic N) is 3. The van der Waals surface area contributed by atoms with Crippen molar-refractivity contribution in [1.82, 2.24) is 14.9 Å². The van der Waals surface area contributed by atoms with E-state index in [1.165, 1.54) is 39.5 Å². The Morgan fingerprint density at radius 2 is 1.87 bits per heavy atom. The summed E-state index contributed by atoms with van der Waals surface area (Å²) in [4.78, 5) is 23.1. The Hall–Kier alpha value is -3.19. The maximum atomic E-state index is 11.8. The fourth-order valence-electron chi connectivity index (χ4n) is 3.97. The van der Waals surface area contributed by atoms with Gasteiger partial charge in [0.15, 0.2) is 0 Å². The lowest BCUT2D eigenvalue weighted by atomic mass is 10.0. The van der Waals surface area contributed by atoms with Crippen LogP contribution in [0.15, 0.2) is 42.7 Å². The Labute approximate surface area is 176 Å². The van der Waals surface area contributed by atoms with Gasteiger partial charge in [0.1, 0.15) is 17.9 Å². The molecule has 2 aromatic carbocycles. The second-order valence-electron chi connectivity index (χ2n) is 7.56. The van der Waals surface area contributed by atoms with Gasteiger partial charge in [0.05, 0.1) is 18.2 Å². The maximum Gasteiger partial charge on any atom is 0.252 e. The number of ether oxygens (including phenoxy) is 1. The van der Waals surface area contributed by atoms with Crippen molar-refractivity contribution in [2.75, 3.05) is 38.6 Å². The van der Waals surface area contributed by atoms with Gasteiger partial charge in [0.2, 0.25) is 0 Å². The van der Waals surface area contributed by atoms with E-state index >= 15 is 0 Å². The van der Waals surface area contributed by atoms with Gasteiger partial charge in [0, 0.05) is 18.5 Å². The molecule has 4 rings (SSSR count). The third kappa shape index (κ3) is 4.36. The summed E-state index contributed by atoms with van der Waals surface area (Å²) >= 11 is 0. The summed E-state index contributed by atoms with van der Waals surface area (Å²) in [5.41, 5.74) is 8.59. The maximum absolute atomic E-state index is 11.8. The molecular weight excluding hydrogens is 378 g/mol. The summed E-state index contributed by atoms with van der Waals surface area (Å²) in [6.07, 6.45) is 5.50. The summed E-state index contributed by atoms with van der Waals surface area (Å²) < 4.78 is 5.25. The quantitative estimate of drug-likeness (QED) is 0.626. The molecule has 0 spiro atoms. The second-order valence-corrected chi connectivity index (χ2v) is 7.56. The Balaban J connectivity index is 1.59. The van der Waals surface area contributed by atoms with E-state index < -0.39 is 5.91 Å². The van der Waals surface area contributed by atoms with Gasteiger partial charge < -0.3 is 20.7 Å². The van der Waals surface area contributed by atoms with Gasteiger partial charge in [-0.25, -0.2) is 9.97 Å². The van der Waals surface area contributed by atoms with Crippen molar-refractivity contribution in [3.8, 4) is 16.9 Å². The van der Waals surface area contributed by atoms with Crippen molar-refractivity contribution < 1.29 is 9.53 Å². The molecule has 0 atom stereocenters. The largest absolute Gasteiger partial charge is 0.496 e. The molecule has 1 aliphatic heterocycles. The molecule has 0 bridgehead atoms. The molecule has 1 aliphatic rings. The Morgan fingerprint density at radius 1 is 1.10 bits per heavy atom. The number of rotatable bonds is 7. The summed E-state index contributed by atoms with van der Waals surface area (Å²) in [5, 5.41) is 4.42. The summed E-state index contributed by atoms with van der Waals surface area (Å²) in [7, 11) is 1.52. The minimum Gasteiger partial charge on any atom is -0.496 e. The number of primary amides is 1. The molecule has 1 fully saturated rings. The number of methoxy groups -OCH3 is 1. The number of aromatic nitrogens is 2. The number of hydrogen-bond acceptors (Lipinski definition) is 6. The SMILES string of the molecule is COc1ccc(-c2ccc3ncnc(NCCN4CCCCC4)c3c2)cc1C(N)=O. The van der Waals surface area contributed by atoms with Crippen LogP contribution in [0, 0.1) is 0 Å². The van der Waals surface area contributed by atoms with E-state index in [0.29, 0.717) is 11.3 Å². The topological polar surface area (TPSA) is 93.4 Å². The lowest BCUT2D eigenvalue weighted by Gasteiger charge is -2.26. The Bertz CT molecular complexity index is 1050. The normalized spacial score (nSPS) is 14.6. The molecule has 30 heavy (non-hydrogen) atoms. The number of nitrogens with two attached hydrogens (primary N) is 1. The van der Waals surface area contributed by atoms with Gasteiger partial charge in [-0.1, -0.05) is 18.6 Å². The first-order valence-corrected chi connectivity index (χ1v) is 10.3. The zero-order valence-electron chi connectivity index (χ0n) is 17.2. The minimum atomic E-state index is -0.516. The van der Waals surface area contributed by atoms with Crippen molar-refractivity contribution in [1.29, 1.82) is 0 Å². The number of fused-ring (bicyclic) bond motifs is 1. The van der Waals surface area contributed by atoms with Gasteiger partial charge in [-0.05, 0) is 61.3 Å². The predicted octanol–water partition coefficient (Wildman–Crippen LogP) is 3.30. The highest BCUT2D eigenvalue weighted by molar-refractivity contribution is 5.98. The molecule has 1 amide bonds. The number of nitrogens with one attached hydrogen (secondary N) is 1. The third-order valence-electron chi connectivity index (χ3n) is 5.60. The first-order chi connectivity index (χ1) is 14.7. The van der Waals surface area contributed by atoms with Crippen LogP contribution in [0.3, 0.4) is 0 Å². The highest BCUT2D eigenvalue weighted by Crippen LogP contribution is 2.30. The molecule has 3 aromatic rings. The van der Waals surface area contributed by atoms with Crippen LogP contribution in [0.1, 0.15) is 29.6 Å². The molecule has 1 saturated heterocycles. The minimum absolute atomic E-state index is 0.360. The van der Waals surface area contributed by atoms with E-state index in [9.17, 15) is 4.79 Å². The van der Waals surface area contributed by atoms with Crippen molar-refractivity contribution in [2.45, 2.75) is 19.3 Å². The number of hydrogen-bond donors (Lipinski definition) is 2. The molecule has 0 unspecified atom stereocenters. The third-order valence-corrected chi connectivity index (χ3v) is 5.60. The highest BCUT2D eigenvalue weighted by Gasteiger charge is 2.13. The van der Waals surface area contributed by atoms with Gasteiger partial charge in [-0.3, -0.25) is 4.79 Å². The van der Waals surface area contributed by atoms with Crippen LogP contribution in [-0.2, 0) is 0 Å². The number of piperidine rings is 1. The average molecular weight is 406 g/mol. The second kappa shape index (κ2) is 9.09. The Kier molecular flexibility index (Phi) is 6.09. The molecule has 156 valence electrons. The van der Waals surface area contributed by atoms with E-state index in [4.69, 9.17) is 10.5 Å². The molecular formula is C23H27N5O2. The Morgan fingerprint density at radius 3 is 2.63 bits per heavy atom. The van der Waals surface area contributed by atoms with Crippen LogP contribution in [0.2, 0.25) is 0 Å². The zero-order valence-corrected chi connectivity index (χ0v) is 17.2. The molecule has 1 aromatic heterocycles. The van der Waals surface area contributed by atoms with E-state index in [2.05, 4.69) is 20.2 Å². The fourth-order valence-corrected chi connectivity index (χ4v) is 3.97. The molecule has 3 N–H and O–H groups in total. The number of benzene rings is 2.